The fourth-order valence-electron chi connectivity index (χ4n) is 4.29. The van der Waals surface area contributed by atoms with Gasteiger partial charge in [-0.25, -0.2) is 4.79 Å². The number of ether oxygens (including phenoxy) is 2. The maximum Gasteiger partial charge on any atom is 0.368 e. The second-order valence-electron chi connectivity index (χ2n) is 10.1. The van der Waals surface area contributed by atoms with Gasteiger partial charge in [0, 0.05) is 5.25 Å². The largest absolute Gasteiger partial charge is 0.464 e. The van der Waals surface area contributed by atoms with Crippen LogP contribution in [0.2, 0.25) is 0 Å². The molecule has 0 aliphatic carbocycles. The van der Waals surface area contributed by atoms with Crippen LogP contribution in [0.15, 0.2) is 0 Å². The summed E-state index contributed by atoms with van der Waals surface area (Å²) in [5, 5.41) is 0.156. The van der Waals surface area contributed by atoms with E-state index in [1.807, 2.05) is 25.6 Å². The monoisotopic (exact) mass is 566 g/mol. The summed E-state index contributed by atoms with van der Waals surface area (Å²) in [5.74, 6) is -1.39. The third-order valence-electron chi connectivity index (χ3n) is 6.55. The molecule has 0 radical (unpaired) electrons. The minimum Gasteiger partial charge on any atom is -0.464 e. The van der Waals surface area contributed by atoms with Crippen LogP contribution in [0.5, 0.6) is 0 Å². The standard InChI is InChI=1S/C29H59O6PS/c1-6-10-12-14-15-16-17-18-20-22-25-37-27(23-21-19-13-11-7-2)26(5)35-29(28(30)33-9-4)36(31,32)34-24-8-3/h26-27,29H,6-25H2,1-5H3,(H,31,32). The molecule has 1 N–H and O–H groups in total. The van der Waals surface area contributed by atoms with Crippen molar-refractivity contribution in [2.75, 3.05) is 19.0 Å². The van der Waals surface area contributed by atoms with Crippen molar-refractivity contribution in [3.63, 3.8) is 0 Å². The Hall–Kier alpha value is -0.0700. The molecule has 0 aromatic rings. The quantitative estimate of drug-likeness (QED) is 0.0602. The number of rotatable bonds is 27. The van der Waals surface area contributed by atoms with Crippen molar-refractivity contribution in [3.8, 4) is 0 Å². The third-order valence-corrected chi connectivity index (χ3v) is 9.60. The van der Waals surface area contributed by atoms with Gasteiger partial charge >= 0.3 is 13.6 Å². The zero-order valence-electron chi connectivity index (χ0n) is 24.7. The zero-order chi connectivity index (χ0) is 27.8. The molecule has 0 fully saturated rings. The van der Waals surface area contributed by atoms with Crippen LogP contribution in [0, 0.1) is 0 Å². The van der Waals surface area contributed by atoms with E-state index in [2.05, 4.69) is 13.8 Å². The Labute approximate surface area is 233 Å². The molecule has 222 valence electrons. The van der Waals surface area contributed by atoms with Gasteiger partial charge in [-0.2, -0.15) is 11.8 Å². The van der Waals surface area contributed by atoms with E-state index in [0.29, 0.717) is 6.42 Å². The predicted octanol–water partition coefficient (Wildman–Crippen LogP) is 9.28. The fraction of sp³-hybridized carbons (Fsp3) is 0.966. The Bertz CT molecular complexity index is 577. The molecule has 0 amide bonds. The Kier molecular flexibility index (Phi) is 24.9. The van der Waals surface area contributed by atoms with Crippen molar-refractivity contribution in [2.24, 2.45) is 0 Å². The Morgan fingerprint density at radius 2 is 1.30 bits per heavy atom. The normalized spacial score (nSPS) is 15.7. The molecule has 0 spiro atoms. The second-order valence-corrected chi connectivity index (χ2v) is 13.3. The first-order chi connectivity index (χ1) is 17.8. The number of hydrogen-bond acceptors (Lipinski definition) is 6. The van der Waals surface area contributed by atoms with Gasteiger partial charge in [-0.15, -0.1) is 0 Å². The van der Waals surface area contributed by atoms with Crippen molar-refractivity contribution in [2.45, 2.75) is 161 Å². The van der Waals surface area contributed by atoms with E-state index in [-0.39, 0.29) is 24.6 Å². The van der Waals surface area contributed by atoms with E-state index in [4.69, 9.17) is 14.0 Å². The van der Waals surface area contributed by atoms with Gasteiger partial charge in [0.2, 0.25) is 0 Å². The Morgan fingerprint density at radius 3 is 1.81 bits per heavy atom. The number of esters is 1. The van der Waals surface area contributed by atoms with Crippen molar-refractivity contribution >= 4 is 25.3 Å². The molecule has 0 aliphatic rings. The van der Waals surface area contributed by atoms with E-state index in [1.165, 1.54) is 89.9 Å². The summed E-state index contributed by atoms with van der Waals surface area (Å²) in [4.78, 5) is 23.0. The predicted molar refractivity (Wildman–Crippen MR) is 159 cm³/mol. The molecule has 0 saturated carbocycles. The molecule has 4 atom stereocenters. The highest BCUT2D eigenvalue weighted by molar-refractivity contribution is 7.99. The highest BCUT2D eigenvalue weighted by Gasteiger charge is 2.43. The molecular weight excluding hydrogens is 507 g/mol. The Balaban J connectivity index is 4.82. The summed E-state index contributed by atoms with van der Waals surface area (Å²) in [5.41, 5.74) is 0. The lowest BCUT2D eigenvalue weighted by Gasteiger charge is -2.29. The third kappa shape index (κ3) is 19.6. The van der Waals surface area contributed by atoms with Crippen LogP contribution >= 0.6 is 19.4 Å². The smallest absolute Gasteiger partial charge is 0.368 e. The summed E-state index contributed by atoms with van der Waals surface area (Å²) >= 11 is 1.88. The van der Waals surface area contributed by atoms with Gasteiger partial charge in [-0.1, -0.05) is 111 Å². The first-order valence-corrected chi connectivity index (χ1v) is 17.9. The van der Waals surface area contributed by atoms with Crippen molar-refractivity contribution in [1.29, 1.82) is 0 Å². The highest BCUT2D eigenvalue weighted by Crippen LogP contribution is 2.49. The number of carbonyl (C=O) groups excluding carboxylic acids is 1. The van der Waals surface area contributed by atoms with Crippen LogP contribution in [0.3, 0.4) is 0 Å². The van der Waals surface area contributed by atoms with Gasteiger partial charge in [0.15, 0.2) is 0 Å². The van der Waals surface area contributed by atoms with Gasteiger partial charge in [0.25, 0.3) is 5.85 Å². The molecule has 6 nitrogen and oxygen atoms in total. The molecule has 0 aromatic heterocycles. The minimum absolute atomic E-state index is 0.0930. The molecule has 0 rings (SSSR count). The molecular formula is C29H59O6PS. The number of unbranched alkanes of at least 4 members (excludes halogenated alkanes) is 13. The van der Waals surface area contributed by atoms with Crippen LogP contribution in [0.1, 0.15) is 144 Å². The second kappa shape index (κ2) is 24.9. The molecule has 4 unspecified atom stereocenters. The molecule has 37 heavy (non-hydrogen) atoms. The maximum atomic E-state index is 12.8. The molecule has 8 heteroatoms. The van der Waals surface area contributed by atoms with E-state index >= 15 is 0 Å². The van der Waals surface area contributed by atoms with E-state index in [0.717, 1.165) is 18.6 Å². The van der Waals surface area contributed by atoms with Crippen LogP contribution in [0.4, 0.5) is 0 Å². The summed E-state index contributed by atoms with van der Waals surface area (Å²) in [7, 11) is -4.30. The molecule has 0 heterocycles. The summed E-state index contributed by atoms with van der Waals surface area (Å²) in [6.45, 7) is 10.1. The average Bonchev–Trinajstić information content (AvgIpc) is 2.87. The lowest BCUT2D eigenvalue weighted by Crippen LogP contribution is -2.35. The van der Waals surface area contributed by atoms with Crippen molar-refractivity contribution in [1.82, 2.24) is 0 Å². The van der Waals surface area contributed by atoms with E-state index < -0.39 is 19.4 Å². The number of thioether (sulfide) groups is 1. The van der Waals surface area contributed by atoms with Gasteiger partial charge in [0.1, 0.15) is 0 Å². The van der Waals surface area contributed by atoms with Gasteiger partial charge in [-0.05, 0) is 38.9 Å². The van der Waals surface area contributed by atoms with Gasteiger partial charge in [0.05, 0.1) is 19.3 Å². The minimum atomic E-state index is -4.30. The fourth-order valence-corrected chi connectivity index (χ4v) is 6.90. The number of hydrogen-bond donors (Lipinski definition) is 1. The topological polar surface area (TPSA) is 82.1 Å². The molecule has 0 aromatic carbocycles. The van der Waals surface area contributed by atoms with Crippen LogP contribution in [0.25, 0.3) is 0 Å². The summed E-state index contributed by atoms with van der Waals surface area (Å²) in [6.07, 6.45) is 20.3. The lowest BCUT2D eigenvalue weighted by molar-refractivity contribution is -0.154. The highest BCUT2D eigenvalue weighted by atomic mass is 32.2. The van der Waals surface area contributed by atoms with Gasteiger partial charge < -0.3 is 18.9 Å². The van der Waals surface area contributed by atoms with E-state index in [9.17, 15) is 14.3 Å². The molecule has 0 aliphatic heterocycles. The van der Waals surface area contributed by atoms with Crippen LogP contribution < -0.4 is 0 Å². The van der Waals surface area contributed by atoms with Crippen LogP contribution in [-0.2, 0) is 23.4 Å². The lowest BCUT2D eigenvalue weighted by atomic mass is 10.1. The molecule has 0 bridgehead atoms. The van der Waals surface area contributed by atoms with Gasteiger partial charge in [-0.3, -0.25) is 4.57 Å². The first kappa shape index (κ1) is 36.9. The SMILES string of the molecule is CCCCCCCCCCCCSC(CCCCCCC)C(C)OC(C(=O)OCC)P(=O)(O)OCCC. The molecule has 0 saturated heterocycles. The summed E-state index contributed by atoms with van der Waals surface area (Å²) in [6, 6.07) is 0. The van der Waals surface area contributed by atoms with Crippen molar-refractivity contribution in [3.05, 3.63) is 0 Å². The first-order valence-electron chi connectivity index (χ1n) is 15.2. The average molecular weight is 567 g/mol. The van der Waals surface area contributed by atoms with Crippen LogP contribution in [-0.4, -0.2) is 47.0 Å². The Morgan fingerprint density at radius 1 is 0.784 bits per heavy atom. The van der Waals surface area contributed by atoms with Crippen molar-refractivity contribution < 1.29 is 28.3 Å². The summed E-state index contributed by atoms with van der Waals surface area (Å²) < 4.78 is 29.1. The van der Waals surface area contributed by atoms with E-state index in [1.54, 1.807) is 6.92 Å². The number of carbonyl (C=O) groups is 1. The zero-order valence-corrected chi connectivity index (χ0v) is 26.4. The maximum absolute atomic E-state index is 12.8.